The third-order valence-electron chi connectivity index (χ3n) is 1.57. The maximum absolute atomic E-state index is 8.77. The van der Waals surface area contributed by atoms with Crippen LogP contribution in [-0.2, 0) is 13.2 Å². The molecular weight excluding hydrogens is 142 g/mol. The van der Waals surface area contributed by atoms with Crippen LogP contribution in [0.4, 0.5) is 5.82 Å². The normalized spacial score (nSPS) is 10.4. The summed E-state index contributed by atoms with van der Waals surface area (Å²) < 4.78 is 1.70. The fourth-order valence-corrected chi connectivity index (χ4v) is 0.945. The third-order valence-corrected chi connectivity index (χ3v) is 1.57. The van der Waals surface area contributed by atoms with E-state index in [1.54, 1.807) is 10.9 Å². The number of aliphatic hydroxyl groups excluding tert-OH is 1. The van der Waals surface area contributed by atoms with Gasteiger partial charge in [0.05, 0.1) is 12.8 Å². The van der Waals surface area contributed by atoms with Crippen LogP contribution in [0.3, 0.4) is 0 Å². The summed E-state index contributed by atoms with van der Waals surface area (Å²) in [6.45, 7) is 2.83. The van der Waals surface area contributed by atoms with E-state index in [9.17, 15) is 0 Å². The molecule has 0 amide bonds. The van der Waals surface area contributed by atoms with Gasteiger partial charge in [-0.3, -0.25) is 0 Å². The predicted molar refractivity (Wildman–Crippen MR) is 42.9 cm³/mol. The zero-order valence-corrected chi connectivity index (χ0v) is 6.62. The van der Waals surface area contributed by atoms with E-state index in [1.165, 1.54) is 0 Å². The number of nitrogens with two attached hydrogens (primary N) is 1. The van der Waals surface area contributed by atoms with Gasteiger partial charge in [0, 0.05) is 12.1 Å². The van der Waals surface area contributed by atoms with Gasteiger partial charge in [-0.1, -0.05) is 6.92 Å². The molecule has 0 saturated heterocycles. The van der Waals surface area contributed by atoms with Crippen LogP contribution in [0.15, 0.2) is 6.20 Å². The van der Waals surface area contributed by atoms with Crippen molar-refractivity contribution >= 4 is 5.82 Å². The first-order valence-electron chi connectivity index (χ1n) is 3.70. The first kappa shape index (κ1) is 8.07. The standard InChI is InChI=1S/C7H13N3O/c1-2-3-10-7(8)6(5-11)4-9-10/h4,11H,2-3,5,8H2,1H3. The first-order chi connectivity index (χ1) is 5.29. The van der Waals surface area contributed by atoms with E-state index < -0.39 is 0 Å². The molecule has 4 heteroatoms. The molecule has 0 radical (unpaired) electrons. The summed E-state index contributed by atoms with van der Waals surface area (Å²) in [7, 11) is 0. The largest absolute Gasteiger partial charge is 0.391 e. The molecule has 62 valence electrons. The van der Waals surface area contributed by atoms with E-state index in [-0.39, 0.29) is 6.61 Å². The molecule has 0 fully saturated rings. The maximum Gasteiger partial charge on any atom is 0.127 e. The molecule has 0 aliphatic rings. The highest BCUT2D eigenvalue weighted by Gasteiger charge is 2.03. The minimum Gasteiger partial charge on any atom is -0.391 e. The Labute approximate surface area is 65.6 Å². The fraction of sp³-hybridized carbons (Fsp3) is 0.571. The van der Waals surface area contributed by atoms with Crippen molar-refractivity contribution in [3.8, 4) is 0 Å². The molecule has 4 nitrogen and oxygen atoms in total. The van der Waals surface area contributed by atoms with Crippen molar-refractivity contribution in [1.29, 1.82) is 0 Å². The van der Waals surface area contributed by atoms with Gasteiger partial charge in [-0.2, -0.15) is 5.10 Å². The Kier molecular flexibility index (Phi) is 2.48. The summed E-state index contributed by atoms with van der Waals surface area (Å²) >= 11 is 0. The molecule has 0 unspecified atom stereocenters. The van der Waals surface area contributed by atoms with Crippen molar-refractivity contribution in [2.75, 3.05) is 5.73 Å². The fourth-order valence-electron chi connectivity index (χ4n) is 0.945. The van der Waals surface area contributed by atoms with Crippen molar-refractivity contribution in [3.63, 3.8) is 0 Å². The molecule has 0 bridgehead atoms. The van der Waals surface area contributed by atoms with Gasteiger partial charge in [0.1, 0.15) is 5.82 Å². The SMILES string of the molecule is CCCn1ncc(CO)c1N. The summed E-state index contributed by atoms with van der Waals surface area (Å²) in [5, 5.41) is 12.8. The zero-order chi connectivity index (χ0) is 8.27. The van der Waals surface area contributed by atoms with Gasteiger partial charge in [0.25, 0.3) is 0 Å². The number of rotatable bonds is 3. The zero-order valence-electron chi connectivity index (χ0n) is 6.62. The topological polar surface area (TPSA) is 64.1 Å². The molecular formula is C7H13N3O. The van der Waals surface area contributed by atoms with E-state index in [2.05, 4.69) is 12.0 Å². The average Bonchev–Trinajstić information content (AvgIpc) is 2.34. The average molecular weight is 155 g/mol. The first-order valence-corrected chi connectivity index (χ1v) is 3.70. The predicted octanol–water partition coefficient (Wildman–Crippen LogP) is 0.368. The Morgan fingerprint density at radius 1 is 1.73 bits per heavy atom. The van der Waals surface area contributed by atoms with Crippen molar-refractivity contribution in [2.45, 2.75) is 26.5 Å². The Morgan fingerprint density at radius 3 is 2.91 bits per heavy atom. The molecule has 0 aromatic carbocycles. The summed E-state index contributed by atoms with van der Waals surface area (Å²) in [5.74, 6) is 0.578. The third kappa shape index (κ3) is 1.51. The number of aliphatic hydroxyl groups is 1. The van der Waals surface area contributed by atoms with Gasteiger partial charge in [-0.25, -0.2) is 4.68 Å². The van der Waals surface area contributed by atoms with Gasteiger partial charge in [0.2, 0.25) is 0 Å². The van der Waals surface area contributed by atoms with Gasteiger partial charge < -0.3 is 10.8 Å². The second-order valence-corrected chi connectivity index (χ2v) is 2.44. The highest BCUT2D eigenvalue weighted by molar-refractivity contribution is 5.37. The summed E-state index contributed by atoms with van der Waals surface area (Å²) in [5.41, 5.74) is 6.35. The van der Waals surface area contributed by atoms with Crippen LogP contribution in [0, 0.1) is 0 Å². The molecule has 11 heavy (non-hydrogen) atoms. The molecule has 0 atom stereocenters. The Balaban J connectivity index is 2.82. The van der Waals surface area contributed by atoms with Crippen molar-refractivity contribution < 1.29 is 5.11 Å². The van der Waals surface area contributed by atoms with Gasteiger partial charge >= 0.3 is 0 Å². The lowest BCUT2D eigenvalue weighted by molar-refractivity contribution is 0.282. The monoisotopic (exact) mass is 155 g/mol. The number of hydrogen-bond donors (Lipinski definition) is 2. The van der Waals surface area contributed by atoms with Crippen molar-refractivity contribution in [1.82, 2.24) is 9.78 Å². The highest BCUT2D eigenvalue weighted by Crippen LogP contribution is 2.10. The molecule has 0 aliphatic carbocycles. The lowest BCUT2D eigenvalue weighted by Crippen LogP contribution is -2.04. The molecule has 1 aromatic heterocycles. The van der Waals surface area contributed by atoms with Crippen molar-refractivity contribution in [2.24, 2.45) is 0 Å². The second-order valence-electron chi connectivity index (χ2n) is 2.44. The molecule has 1 aromatic rings. The van der Waals surface area contributed by atoms with Crippen LogP contribution < -0.4 is 5.73 Å². The molecule has 1 rings (SSSR count). The maximum atomic E-state index is 8.77. The molecule has 0 saturated carbocycles. The number of anilines is 1. The van der Waals surface area contributed by atoms with Crippen molar-refractivity contribution in [3.05, 3.63) is 11.8 Å². The van der Waals surface area contributed by atoms with Crippen LogP contribution in [0.1, 0.15) is 18.9 Å². The summed E-state index contributed by atoms with van der Waals surface area (Å²) in [4.78, 5) is 0. The molecule has 3 N–H and O–H groups in total. The van der Waals surface area contributed by atoms with E-state index in [0.717, 1.165) is 13.0 Å². The lowest BCUT2D eigenvalue weighted by Gasteiger charge is -2.00. The van der Waals surface area contributed by atoms with Crippen LogP contribution in [0.5, 0.6) is 0 Å². The Bertz CT molecular complexity index is 232. The quantitative estimate of drug-likeness (QED) is 0.662. The summed E-state index contributed by atoms with van der Waals surface area (Å²) in [6.07, 6.45) is 2.60. The van der Waals surface area contributed by atoms with E-state index in [0.29, 0.717) is 11.4 Å². The number of nitrogens with zero attached hydrogens (tertiary/aromatic N) is 2. The Morgan fingerprint density at radius 2 is 2.45 bits per heavy atom. The number of aromatic nitrogens is 2. The smallest absolute Gasteiger partial charge is 0.127 e. The highest BCUT2D eigenvalue weighted by atomic mass is 16.3. The van der Waals surface area contributed by atoms with Crippen LogP contribution in [0.2, 0.25) is 0 Å². The molecule has 0 aliphatic heterocycles. The van der Waals surface area contributed by atoms with Gasteiger partial charge in [-0.05, 0) is 6.42 Å². The van der Waals surface area contributed by atoms with E-state index in [4.69, 9.17) is 10.8 Å². The minimum atomic E-state index is -0.0322. The van der Waals surface area contributed by atoms with Crippen LogP contribution >= 0.6 is 0 Å². The van der Waals surface area contributed by atoms with E-state index >= 15 is 0 Å². The number of hydrogen-bond acceptors (Lipinski definition) is 3. The number of aryl methyl sites for hydroxylation is 1. The second kappa shape index (κ2) is 3.39. The lowest BCUT2D eigenvalue weighted by atomic mass is 10.3. The summed E-state index contributed by atoms with van der Waals surface area (Å²) in [6, 6.07) is 0. The van der Waals surface area contributed by atoms with Gasteiger partial charge in [0.15, 0.2) is 0 Å². The number of nitrogen functional groups attached to an aromatic ring is 1. The Hall–Kier alpha value is -1.03. The van der Waals surface area contributed by atoms with Gasteiger partial charge in [-0.15, -0.1) is 0 Å². The van der Waals surface area contributed by atoms with E-state index in [1.807, 2.05) is 0 Å². The molecule has 1 heterocycles. The van der Waals surface area contributed by atoms with Crippen LogP contribution in [-0.4, -0.2) is 14.9 Å². The minimum absolute atomic E-state index is 0.0322. The molecule has 0 spiro atoms. The van der Waals surface area contributed by atoms with Crippen LogP contribution in [0.25, 0.3) is 0 Å².